The highest BCUT2D eigenvalue weighted by Crippen LogP contribution is 2.35. The molecular weight excluding hydrogens is 282 g/mol. The van der Waals surface area contributed by atoms with E-state index in [1.54, 1.807) is 29.0 Å². The molecule has 3 nitrogen and oxygen atoms in total. The second-order valence-electron chi connectivity index (χ2n) is 4.26. The van der Waals surface area contributed by atoms with Crippen molar-refractivity contribution < 1.29 is 9.90 Å². The SMILES string of the molecule is Cn1c(C(=O)O)ccc1-c1cc2cc(Cl)ccc2s1. The van der Waals surface area contributed by atoms with Crippen LogP contribution in [0.1, 0.15) is 10.5 Å². The van der Waals surface area contributed by atoms with E-state index in [0.717, 1.165) is 20.7 Å². The number of halogens is 1. The summed E-state index contributed by atoms with van der Waals surface area (Å²) in [6.07, 6.45) is 0. The highest BCUT2D eigenvalue weighted by atomic mass is 35.5. The summed E-state index contributed by atoms with van der Waals surface area (Å²) in [5, 5.41) is 10.8. The van der Waals surface area contributed by atoms with E-state index in [2.05, 4.69) is 0 Å². The zero-order valence-electron chi connectivity index (χ0n) is 10.1. The maximum Gasteiger partial charge on any atom is 0.352 e. The maximum absolute atomic E-state index is 11.0. The van der Waals surface area contributed by atoms with Crippen LogP contribution in [0.4, 0.5) is 0 Å². The highest BCUT2D eigenvalue weighted by Gasteiger charge is 2.14. The number of hydrogen-bond acceptors (Lipinski definition) is 2. The summed E-state index contributed by atoms with van der Waals surface area (Å²) in [4.78, 5) is 12.1. The second-order valence-corrected chi connectivity index (χ2v) is 5.78. The van der Waals surface area contributed by atoms with Gasteiger partial charge in [-0.15, -0.1) is 11.3 Å². The molecule has 96 valence electrons. The smallest absolute Gasteiger partial charge is 0.352 e. The van der Waals surface area contributed by atoms with Gasteiger partial charge in [0.15, 0.2) is 0 Å². The maximum atomic E-state index is 11.0. The second kappa shape index (κ2) is 4.40. The van der Waals surface area contributed by atoms with Crippen molar-refractivity contribution >= 4 is 39.0 Å². The molecule has 0 aliphatic heterocycles. The first-order valence-corrected chi connectivity index (χ1v) is 6.84. The monoisotopic (exact) mass is 291 g/mol. The summed E-state index contributed by atoms with van der Waals surface area (Å²) in [5.74, 6) is -0.919. The molecule has 0 saturated carbocycles. The molecule has 0 aliphatic carbocycles. The Bertz CT molecular complexity index is 788. The molecule has 0 amide bonds. The Hall–Kier alpha value is -1.78. The van der Waals surface area contributed by atoms with Gasteiger partial charge in [0.05, 0.1) is 10.6 Å². The first-order chi connectivity index (χ1) is 9.06. The summed E-state index contributed by atoms with van der Waals surface area (Å²) in [7, 11) is 1.76. The molecule has 0 aliphatic rings. The van der Waals surface area contributed by atoms with Crippen LogP contribution in [0.2, 0.25) is 5.02 Å². The molecule has 0 unspecified atom stereocenters. The van der Waals surface area contributed by atoms with Crippen LogP contribution in [0.25, 0.3) is 20.7 Å². The van der Waals surface area contributed by atoms with Crippen molar-refractivity contribution in [3.8, 4) is 10.6 Å². The third-order valence-corrected chi connectivity index (χ3v) is 4.45. The van der Waals surface area contributed by atoms with Crippen molar-refractivity contribution in [1.29, 1.82) is 0 Å². The predicted molar refractivity (Wildman–Crippen MR) is 78.2 cm³/mol. The lowest BCUT2D eigenvalue weighted by Crippen LogP contribution is -2.04. The van der Waals surface area contributed by atoms with Gasteiger partial charge < -0.3 is 9.67 Å². The van der Waals surface area contributed by atoms with Crippen molar-refractivity contribution in [3.63, 3.8) is 0 Å². The molecule has 0 radical (unpaired) electrons. The molecular formula is C14H10ClNO2S. The minimum atomic E-state index is -0.919. The minimum absolute atomic E-state index is 0.283. The molecule has 1 aromatic carbocycles. The molecule has 0 fully saturated rings. The Balaban J connectivity index is 2.16. The molecule has 0 saturated heterocycles. The van der Waals surface area contributed by atoms with Crippen molar-refractivity contribution in [2.24, 2.45) is 7.05 Å². The van der Waals surface area contributed by atoms with Gasteiger partial charge in [0, 0.05) is 16.8 Å². The number of nitrogens with zero attached hydrogens (tertiary/aromatic N) is 1. The number of hydrogen-bond donors (Lipinski definition) is 1. The minimum Gasteiger partial charge on any atom is -0.477 e. The Kier molecular flexibility index (Phi) is 2.84. The molecule has 2 heterocycles. The number of benzene rings is 1. The zero-order valence-corrected chi connectivity index (χ0v) is 11.6. The Labute approximate surface area is 118 Å². The average Bonchev–Trinajstić information content (AvgIpc) is 2.91. The number of aromatic carboxylic acids is 1. The molecule has 3 rings (SSSR count). The van der Waals surface area contributed by atoms with Crippen molar-refractivity contribution in [2.45, 2.75) is 0 Å². The number of thiophene rings is 1. The molecule has 2 aromatic heterocycles. The summed E-state index contributed by atoms with van der Waals surface area (Å²) >= 11 is 7.60. The van der Waals surface area contributed by atoms with Crippen molar-refractivity contribution in [1.82, 2.24) is 4.57 Å². The van der Waals surface area contributed by atoms with Gasteiger partial charge in [-0.1, -0.05) is 11.6 Å². The lowest BCUT2D eigenvalue weighted by molar-refractivity contribution is 0.0687. The van der Waals surface area contributed by atoms with E-state index in [0.29, 0.717) is 5.02 Å². The van der Waals surface area contributed by atoms with Gasteiger partial charge in [-0.25, -0.2) is 4.79 Å². The summed E-state index contributed by atoms with van der Waals surface area (Å²) in [5.41, 5.74) is 1.18. The van der Waals surface area contributed by atoms with Gasteiger partial charge >= 0.3 is 5.97 Å². The number of carboxylic acids is 1. The molecule has 19 heavy (non-hydrogen) atoms. The van der Waals surface area contributed by atoms with Crippen LogP contribution in [0.3, 0.4) is 0 Å². The standard InChI is InChI=1S/C14H10ClNO2S/c1-16-10(3-4-11(16)14(17)18)13-7-8-6-9(15)2-5-12(8)19-13/h2-7H,1H3,(H,17,18). The topological polar surface area (TPSA) is 42.2 Å². The number of aromatic nitrogens is 1. The molecule has 0 bridgehead atoms. The summed E-state index contributed by atoms with van der Waals surface area (Å²) in [6.45, 7) is 0. The van der Waals surface area contributed by atoms with Crippen molar-refractivity contribution in [2.75, 3.05) is 0 Å². The van der Waals surface area contributed by atoms with E-state index in [9.17, 15) is 4.79 Å². The first-order valence-electron chi connectivity index (χ1n) is 5.65. The molecule has 1 N–H and O–H groups in total. The fourth-order valence-electron chi connectivity index (χ4n) is 2.11. The fraction of sp³-hybridized carbons (Fsp3) is 0.0714. The number of rotatable bonds is 2. The quantitative estimate of drug-likeness (QED) is 0.766. The van der Waals surface area contributed by atoms with Crippen LogP contribution in [0.15, 0.2) is 36.4 Å². The summed E-state index contributed by atoms with van der Waals surface area (Å²) < 4.78 is 2.83. The van der Waals surface area contributed by atoms with Crippen LogP contribution in [0, 0.1) is 0 Å². The number of carboxylic acid groups (broad SMARTS) is 1. The lowest BCUT2D eigenvalue weighted by atomic mass is 10.2. The third kappa shape index (κ3) is 2.03. The lowest BCUT2D eigenvalue weighted by Gasteiger charge is -2.02. The van der Waals surface area contributed by atoms with E-state index in [-0.39, 0.29) is 5.69 Å². The largest absolute Gasteiger partial charge is 0.477 e. The fourth-order valence-corrected chi connectivity index (χ4v) is 3.40. The van der Waals surface area contributed by atoms with Gasteiger partial charge in [0.2, 0.25) is 0 Å². The van der Waals surface area contributed by atoms with Crippen LogP contribution in [-0.2, 0) is 7.05 Å². The van der Waals surface area contributed by atoms with Gasteiger partial charge in [0.1, 0.15) is 5.69 Å². The molecule has 3 aromatic rings. The van der Waals surface area contributed by atoms with Crippen LogP contribution in [0.5, 0.6) is 0 Å². The highest BCUT2D eigenvalue weighted by molar-refractivity contribution is 7.22. The Morgan fingerprint density at radius 1 is 1.26 bits per heavy atom. The third-order valence-electron chi connectivity index (χ3n) is 3.07. The molecule has 0 spiro atoms. The molecule has 5 heteroatoms. The normalized spacial score (nSPS) is 11.1. The van der Waals surface area contributed by atoms with E-state index < -0.39 is 5.97 Å². The van der Waals surface area contributed by atoms with Gasteiger partial charge in [-0.05, 0) is 41.8 Å². The number of carbonyl (C=O) groups is 1. The van der Waals surface area contributed by atoms with Gasteiger partial charge in [-0.2, -0.15) is 0 Å². The van der Waals surface area contributed by atoms with Crippen LogP contribution < -0.4 is 0 Å². The van der Waals surface area contributed by atoms with Crippen LogP contribution in [-0.4, -0.2) is 15.6 Å². The number of fused-ring (bicyclic) bond motifs is 1. The Morgan fingerprint density at radius 3 is 2.74 bits per heavy atom. The van der Waals surface area contributed by atoms with E-state index in [1.807, 2.05) is 30.3 Å². The zero-order chi connectivity index (χ0) is 13.6. The summed E-state index contributed by atoms with van der Waals surface area (Å²) in [6, 6.07) is 11.2. The van der Waals surface area contributed by atoms with E-state index in [1.165, 1.54) is 0 Å². The first kappa shape index (κ1) is 12.3. The van der Waals surface area contributed by atoms with E-state index in [4.69, 9.17) is 16.7 Å². The van der Waals surface area contributed by atoms with Gasteiger partial charge in [0.25, 0.3) is 0 Å². The average molecular weight is 292 g/mol. The van der Waals surface area contributed by atoms with E-state index >= 15 is 0 Å². The Morgan fingerprint density at radius 2 is 2.05 bits per heavy atom. The van der Waals surface area contributed by atoms with Crippen molar-refractivity contribution in [3.05, 3.63) is 47.1 Å². The molecule has 0 atom stereocenters. The predicted octanol–water partition coefficient (Wildman–Crippen LogP) is 4.26. The van der Waals surface area contributed by atoms with Gasteiger partial charge in [-0.3, -0.25) is 0 Å². The van der Waals surface area contributed by atoms with Crippen LogP contribution >= 0.6 is 22.9 Å².